The second-order valence-corrected chi connectivity index (χ2v) is 4.54. The molecule has 0 radical (unpaired) electrons. The average molecular weight is 241 g/mol. The Hall–Kier alpha value is -2.10. The zero-order valence-corrected chi connectivity index (χ0v) is 10.3. The number of anilines is 1. The maximum atomic E-state index is 5.85. The highest BCUT2D eigenvalue weighted by atomic mass is 16.5. The van der Waals surface area contributed by atoms with E-state index in [1.54, 1.807) is 13.2 Å². The van der Waals surface area contributed by atoms with Crippen LogP contribution in [0.3, 0.4) is 0 Å². The van der Waals surface area contributed by atoms with Gasteiger partial charge in [-0.25, -0.2) is 9.97 Å². The van der Waals surface area contributed by atoms with Crippen LogP contribution in [-0.4, -0.2) is 17.1 Å². The molecular formula is C14H15N3O. The summed E-state index contributed by atoms with van der Waals surface area (Å²) in [7, 11) is 1.66. The molecule has 1 saturated carbocycles. The zero-order valence-electron chi connectivity index (χ0n) is 10.3. The summed E-state index contributed by atoms with van der Waals surface area (Å²) in [5, 5.41) is 0. The minimum Gasteiger partial charge on any atom is -0.497 e. The summed E-state index contributed by atoms with van der Waals surface area (Å²) in [6.07, 6.45) is 2.34. The van der Waals surface area contributed by atoms with Crippen molar-refractivity contribution in [2.75, 3.05) is 12.8 Å². The Labute approximate surface area is 106 Å². The predicted molar refractivity (Wildman–Crippen MR) is 70.4 cm³/mol. The topological polar surface area (TPSA) is 61.0 Å². The van der Waals surface area contributed by atoms with Crippen LogP contribution >= 0.6 is 0 Å². The molecule has 0 spiro atoms. The lowest BCUT2D eigenvalue weighted by molar-refractivity contribution is 0.415. The molecule has 2 aromatic rings. The summed E-state index contributed by atoms with van der Waals surface area (Å²) in [4.78, 5) is 8.89. The SMILES string of the molecule is COc1cccc(-c2cc(N)nc(C3CC3)n2)c1. The number of nitrogen functional groups attached to an aromatic ring is 1. The van der Waals surface area contributed by atoms with E-state index in [9.17, 15) is 0 Å². The number of hydrogen-bond acceptors (Lipinski definition) is 4. The van der Waals surface area contributed by atoms with Crippen molar-refractivity contribution in [2.24, 2.45) is 0 Å². The van der Waals surface area contributed by atoms with Gasteiger partial charge in [-0.3, -0.25) is 0 Å². The lowest BCUT2D eigenvalue weighted by Crippen LogP contribution is -2.00. The van der Waals surface area contributed by atoms with Crippen molar-refractivity contribution >= 4 is 5.82 Å². The third-order valence-electron chi connectivity index (χ3n) is 3.07. The molecule has 4 heteroatoms. The molecule has 0 aliphatic heterocycles. The van der Waals surface area contributed by atoms with Gasteiger partial charge >= 0.3 is 0 Å². The highest BCUT2D eigenvalue weighted by Gasteiger charge is 2.27. The fourth-order valence-electron chi connectivity index (χ4n) is 1.94. The van der Waals surface area contributed by atoms with Gasteiger partial charge in [-0.1, -0.05) is 12.1 Å². The van der Waals surface area contributed by atoms with E-state index in [1.165, 1.54) is 12.8 Å². The molecule has 4 nitrogen and oxygen atoms in total. The van der Waals surface area contributed by atoms with Crippen molar-refractivity contribution in [3.63, 3.8) is 0 Å². The molecule has 0 unspecified atom stereocenters. The van der Waals surface area contributed by atoms with Crippen LogP contribution in [0.1, 0.15) is 24.6 Å². The molecule has 0 bridgehead atoms. The highest BCUT2D eigenvalue weighted by molar-refractivity contribution is 5.63. The molecule has 1 aliphatic rings. The third kappa shape index (κ3) is 2.14. The lowest BCUT2D eigenvalue weighted by Gasteiger charge is -2.06. The number of aromatic nitrogens is 2. The van der Waals surface area contributed by atoms with Crippen LogP contribution in [0.4, 0.5) is 5.82 Å². The van der Waals surface area contributed by atoms with Gasteiger partial charge in [0, 0.05) is 17.5 Å². The number of hydrogen-bond donors (Lipinski definition) is 1. The predicted octanol–water partition coefficient (Wildman–Crippen LogP) is 2.61. The van der Waals surface area contributed by atoms with Crippen molar-refractivity contribution in [1.82, 2.24) is 9.97 Å². The monoisotopic (exact) mass is 241 g/mol. The van der Waals surface area contributed by atoms with Crippen molar-refractivity contribution in [3.05, 3.63) is 36.2 Å². The van der Waals surface area contributed by atoms with Crippen LogP contribution in [0.25, 0.3) is 11.3 Å². The summed E-state index contributed by atoms with van der Waals surface area (Å²) in [5.41, 5.74) is 7.72. The van der Waals surface area contributed by atoms with E-state index in [2.05, 4.69) is 9.97 Å². The van der Waals surface area contributed by atoms with E-state index in [4.69, 9.17) is 10.5 Å². The largest absolute Gasteiger partial charge is 0.497 e. The fraction of sp³-hybridized carbons (Fsp3) is 0.286. The van der Waals surface area contributed by atoms with Gasteiger partial charge in [0.1, 0.15) is 17.4 Å². The maximum absolute atomic E-state index is 5.85. The van der Waals surface area contributed by atoms with Crippen molar-refractivity contribution in [2.45, 2.75) is 18.8 Å². The molecule has 18 heavy (non-hydrogen) atoms. The van der Waals surface area contributed by atoms with Crippen LogP contribution in [0, 0.1) is 0 Å². The highest BCUT2D eigenvalue weighted by Crippen LogP contribution is 2.39. The van der Waals surface area contributed by atoms with Crippen LogP contribution in [0.2, 0.25) is 0 Å². The van der Waals surface area contributed by atoms with E-state index in [0.29, 0.717) is 11.7 Å². The first-order valence-corrected chi connectivity index (χ1v) is 6.05. The van der Waals surface area contributed by atoms with Crippen molar-refractivity contribution < 1.29 is 4.74 Å². The average Bonchev–Trinajstić information content (AvgIpc) is 3.22. The summed E-state index contributed by atoms with van der Waals surface area (Å²) < 4.78 is 5.22. The summed E-state index contributed by atoms with van der Waals surface area (Å²) in [6.45, 7) is 0. The normalized spacial score (nSPS) is 14.5. The van der Waals surface area contributed by atoms with Crippen LogP contribution < -0.4 is 10.5 Å². The van der Waals surface area contributed by atoms with Gasteiger partial charge in [0.05, 0.1) is 12.8 Å². The molecule has 0 saturated heterocycles. The Kier molecular flexibility index (Phi) is 2.63. The second kappa shape index (κ2) is 4.29. The number of rotatable bonds is 3. The van der Waals surface area contributed by atoms with Crippen LogP contribution in [0.5, 0.6) is 5.75 Å². The quantitative estimate of drug-likeness (QED) is 0.897. The molecule has 0 amide bonds. The molecule has 1 heterocycles. The maximum Gasteiger partial charge on any atom is 0.134 e. The van der Waals surface area contributed by atoms with Crippen LogP contribution in [-0.2, 0) is 0 Å². The van der Waals surface area contributed by atoms with Gasteiger partial charge in [-0.15, -0.1) is 0 Å². The van der Waals surface area contributed by atoms with Gasteiger partial charge in [-0.05, 0) is 25.0 Å². The second-order valence-electron chi connectivity index (χ2n) is 4.54. The Bertz CT molecular complexity index is 579. The van der Waals surface area contributed by atoms with Crippen LogP contribution in [0.15, 0.2) is 30.3 Å². The molecule has 2 N–H and O–H groups in total. The Morgan fingerprint density at radius 2 is 2.06 bits per heavy atom. The minimum atomic E-state index is 0.498. The van der Waals surface area contributed by atoms with Crippen molar-refractivity contribution in [3.8, 4) is 17.0 Å². The van der Waals surface area contributed by atoms with E-state index in [1.807, 2.05) is 24.3 Å². The van der Waals surface area contributed by atoms with Gasteiger partial charge in [-0.2, -0.15) is 0 Å². The van der Waals surface area contributed by atoms with Gasteiger partial charge < -0.3 is 10.5 Å². The number of methoxy groups -OCH3 is 1. The molecule has 1 fully saturated rings. The minimum absolute atomic E-state index is 0.498. The molecule has 3 rings (SSSR count). The lowest BCUT2D eigenvalue weighted by atomic mass is 10.1. The first-order chi connectivity index (χ1) is 8.76. The first kappa shape index (κ1) is 11.0. The molecule has 92 valence electrons. The van der Waals surface area contributed by atoms with E-state index < -0.39 is 0 Å². The summed E-state index contributed by atoms with van der Waals surface area (Å²) in [6, 6.07) is 9.62. The summed E-state index contributed by atoms with van der Waals surface area (Å²) >= 11 is 0. The van der Waals surface area contributed by atoms with Gasteiger partial charge in [0.25, 0.3) is 0 Å². The standard InChI is InChI=1S/C14H15N3O/c1-18-11-4-2-3-10(7-11)12-8-13(15)17-14(16-12)9-5-6-9/h2-4,7-9H,5-6H2,1H3,(H2,15,16,17). The smallest absolute Gasteiger partial charge is 0.134 e. The molecule has 1 aliphatic carbocycles. The molecular weight excluding hydrogens is 226 g/mol. The number of nitrogens with zero attached hydrogens (tertiary/aromatic N) is 2. The fourth-order valence-corrected chi connectivity index (χ4v) is 1.94. The number of nitrogens with two attached hydrogens (primary N) is 1. The first-order valence-electron chi connectivity index (χ1n) is 6.05. The van der Waals surface area contributed by atoms with Gasteiger partial charge in [0.2, 0.25) is 0 Å². The molecule has 1 aromatic carbocycles. The zero-order chi connectivity index (χ0) is 12.5. The summed E-state index contributed by atoms with van der Waals surface area (Å²) in [5.74, 6) is 2.72. The molecule has 1 aromatic heterocycles. The van der Waals surface area contributed by atoms with E-state index in [0.717, 1.165) is 22.8 Å². The van der Waals surface area contributed by atoms with E-state index >= 15 is 0 Å². The van der Waals surface area contributed by atoms with Gasteiger partial charge in [0.15, 0.2) is 0 Å². The third-order valence-corrected chi connectivity index (χ3v) is 3.07. The Balaban J connectivity index is 2.04. The Morgan fingerprint density at radius 3 is 2.78 bits per heavy atom. The Morgan fingerprint density at radius 1 is 1.22 bits per heavy atom. The van der Waals surface area contributed by atoms with E-state index in [-0.39, 0.29) is 0 Å². The number of ether oxygens (including phenoxy) is 1. The number of benzene rings is 1. The molecule has 0 atom stereocenters. The van der Waals surface area contributed by atoms with Crippen molar-refractivity contribution in [1.29, 1.82) is 0 Å².